The third-order valence-corrected chi connectivity index (χ3v) is 5.45. The summed E-state index contributed by atoms with van der Waals surface area (Å²) in [5.41, 5.74) is 0.418. The van der Waals surface area contributed by atoms with Gasteiger partial charge in [0.2, 0.25) is 0 Å². The van der Waals surface area contributed by atoms with Gasteiger partial charge in [-0.3, -0.25) is 10.1 Å². The summed E-state index contributed by atoms with van der Waals surface area (Å²) in [6.07, 6.45) is 2.00. The van der Waals surface area contributed by atoms with Crippen molar-refractivity contribution in [2.24, 2.45) is 5.92 Å². The van der Waals surface area contributed by atoms with Crippen LogP contribution in [0.2, 0.25) is 0 Å². The van der Waals surface area contributed by atoms with E-state index in [2.05, 4.69) is 10.3 Å². The Bertz CT molecular complexity index is 675. The molecule has 0 saturated carbocycles. The highest BCUT2D eigenvalue weighted by atomic mass is 32.2. The van der Waals surface area contributed by atoms with Crippen LogP contribution in [-0.2, 0) is 0 Å². The highest BCUT2D eigenvalue weighted by molar-refractivity contribution is 7.99. The van der Waals surface area contributed by atoms with Crippen molar-refractivity contribution in [3.05, 3.63) is 23.3 Å². The maximum absolute atomic E-state index is 12.8. The Balaban J connectivity index is 1.95. The van der Waals surface area contributed by atoms with Crippen molar-refractivity contribution in [3.8, 4) is 11.5 Å². The lowest BCUT2D eigenvalue weighted by Crippen LogP contribution is -2.19. The molecule has 0 aliphatic carbocycles. The summed E-state index contributed by atoms with van der Waals surface area (Å²) in [6.45, 7) is 0. The Hall–Kier alpha value is -1.80. The van der Waals surface area contributed by atoms with Crippen LogP contribution in [0, 0.1) is 5.92 Å². The Morgan fingerprint density at radius 2 is 2.14 bits per heavy atom. The van der Waals surface area contributed by atoms with Gasteiger partial charge in [-0.05, 0) is 36.5 Å². The first kappa shape index (κ1) is 15.1. The molecular weight excluding hydrogens is 324 g/mol. The number of ketones is 1. The first-order valence-corrected chi connectivity index (χ1v) is 8.79. The van der Waals surface area contributed by atoms with Gasteiger partial charge in [-0.15, -0.1) is 0 Å². The number of amides is 1. The van der Waals surface area contributed by atoms with E-state index in [9.17, 15) is 9.59 Å². The van der Waals surface area contributed by atoms with E-state index < -0.39 is 6.09 Å². The van der Waals surface area contributed by atoms with E-state index in [0.717, 1.165) is 35.7 Å². The normalized spacial score (nSPS) is 15.6. The number of aromatic nitrogens is 1. The van der Waals surface area contributed by atoms with Gasteiger partial charge in [-0.25, -0.2) is 9.78 Å². The molecule has 22 heavy (non-hydrogen) atoms. The molecule has 0 atom stereocenters. The highest BCUT2D eigenvalue weighted by Gasteiger charge is 2.29. The summed E-state index contributed by atoms with van der Waals surface area (Å²) in [4.78, 5) is 28.2. The predicted molar refractivity (Wildman–Crippen MR) is 85.8 cm³/mol. The molecular formula is C14H14N2O4S2. The Morgan fingerprint density at radius 3 is 2.77 bits per heavy atom. The number of nitrogens with one attached hydrogen (secondary N) is 1. The van der Waals surface area contributed by atoms with E-state index in [-0.39, 0.29) is 16.8 Å². The molecule has 1 aliphatic heterocycles. The molecule has 0 aromatic carbocycles. The molecule has 0 spiro atoms. The first-order chi connectivity index (χ1) is 10.6. The van der Waals surface area contributed by atoms with Crippen LogP contribution < -0.4 is 5.32 Å². The quantitative estimate of drug-likeness (QED) is 0.823. The minimum atomic E-state index is -1.20. The molecule has 2 N–H and O–H groups in total. The van der Waals surface area contributed by atoms with Crippen LogP contribution in [0.4, 0.5) is 9.93 Å². The molecule has 1 saturated heterocycles. The number of anilines is 1. The van der Waals surface area contributed by atoms with Crippen LogP contribution in [0.1, 0.15) is 22.5 Å². The molecule has 3 heterocycles. The fourth-order valence-corrected chi connectivity index (χ4v) is 4.44. The fraction of sp³-hybridized carbons (Fsp3) is 0.357. The second-order valence-corrected chi connectivity index (χ2v) is 7.08. The van der Waals surface area contributed by atoms with E-state index >= 15 is 0 Å². The molecule has 0 unspecified atom stereocenters. The standard InChI is InChI=1S/C14H14N2O4S2/c17-11(8-3-6-21-7-4-8)12-10(9-2-1-5-20-9)15-13(22-12)16-14(18)19/h1-2,5,8H,3-4,6-7H2,(H,15,16)(H,18,19). The number of carbonyl (C=O) groups excluding carboxylic acids is 1. The number of rotatable bonds is 4. The van der Waals surface area contributed by atoms with Gasteiger partial charge in [-0.2, -0.15) is 11.8 Å². The molecule has 6 nitrogen and oxygen atoms in total. The van der Waals surface area contributed by atoms with Crippen molar-refractivity contribution >= 4 is 40.1 Å². The number of hydrogen-bond acceptors (Lipinski definition) is 6. The summed E-state index contributed by atoms with van der Waals surface area (Å²) in [5.74, 6) is 2.44. The zero-order valence-corrected chi connectivity index (χ0v) is 13.2. The zero-order chi connectivity index (χ0) is 15.5. The fourth-order valence-electron chi connectivity index (χ4n) is 2.36. The maximum Gasteiger partial charge on any atom is 0.410 e. The van der Waals surface area contributed by atoms with Gasteiger partial charge in [0, 0.05) is 5.92 Å². The molecule has 1 amide bonds. The Labute approximate surface area is 134 Å². The molecule has 8 heteroatoms. The number of nitrogens with zero attached hydrogens (tertiary/aromatic N) is 1. The van der Waals surface area contributed by atoms with Gasteiger partial charge in [0.1, 0.15) is 10.6 Å². The number of Topliss-reactive ketones (excluding diaryl/α,β-unsaturated/α-hetero) is 1. The maximum atomic E-state index is 12.8. The van der Waals surface area contributed by atoms with Gasteiger partial charge in [0.25, 0.3) is 0 Å². The molecule has 3 rings (SSSR count). The number of carbonyl (C=O) groups is 2. The Morgan fingerprint density at radius 1 is 1.36 bits per heavy atom. The lowest BCUT2D eigenvalue weighted by molar-refractivity contribution is 0.0917. The predicted octanol–water partition coefficient (Wildman–Crippen LogP) is 3.82. The van der Waals surface area contributed by atoms with Gasteiger partial charge in [0.05, 0.1) is 6.26 Å². The van der Waals surface area contributed by atoms with E-state index in [1.54, 1.807) is 12.1 Å². The number of hydrogen-bond donors (Lipinski definition) is 2. The topological polar surface area (TPSA) is 92.4 Å². The lowest BCUT2D eigenvalue weighted by Gasteiger charge is -2.19. The second-order valence-electron chi connectivity index (χ2n) is 4.86. The van der Waals surface area contributed by atoms with Crippen LogP contribution in [0.3, 0.4) is 0 Å². The van der Waals surface area contributed by atoms with Crippen molar-refractivity contribution in [1.82, 2.24) is 4.98 Å². The molecule has 0 radical (unpaired) electrons. The van der Waals surface area contributed by atoms with E-state index in [0.29, 0.717) is 16.3 Å². The second kappa shape index (κ2) is 6.53. The molecule has 1 aliphatic rings. The summed E-state index contributed by atoms with van der Waals surface area (Å²) in [7, 11) is 0. The van der Waals surface area contributed by atoms with Crippen LogP contribution in [0.25, 0.3) is 11.5 Å². The first-order valence-electron chi connectivity index (χ1n) is 6.82. The SMILES string of the molecule is O=C(O)Nc1nc(-c2ccco2)c(C(=O)C2CCSCC2)s1. The summed E-state index contributed by atoms with van der Waals surface area (Å²) in [5, 5.41) is 11.2. The largest absolute Gasteiger partial charge is 0.465 e. The highest BCUT2D eigenvalue weighted by Crippen LogP contribution is 2.36. The monoisotopic (exact) mass is 338 g/mol. The third kappa shape index (κ3) is 3.17. The third-order valence-electron chi connectivity index (χ3n) is 3.41. The Kier molecular flexibility index (Phi) is 4.49. The number of furan rings is 1. The molecule has 0 bridgehead atoms. The van der Waals surface area contributed by atoms with Gasteiger partial charge >= 0.3 is 6.09 Å². The van der Waals surface area contributed by atoms with Gasteiger partial charge in [-0.1, -0.05) is 11.3 Å². The average Bonchev–Trinajstić information content (AvgIpc) is 3.15. The van der Waals surface area contributed by atoms with Crippen molar-refractivity contribution in [2.75, 3.05) is 16.8 Å². The van der Waals surface area contributed by atoms with Crippen molar-refractivity contribution < 1.29 is 19.1 Å². The van der Waals surface area contributed by atoms with Crippen LogP contribution >= 0.6 is 23.1 Å². The number of thiazole rings is 1. The van der Waals surface area contributed by atoms with E-state index in [1.165, 1.54) is 6.26 Å². The van der Waals surface area contributed by atoms with E-state index in [4.69, 9.17) is 9.52 Å². The van der Waals surface area contributed by atoms with Crippen molar-refractivity contribution in [3.63, 3.8) is 0 Å². The molecule has 116 valence electrons. The van der Waals surface area contributed by atoms with Gasteiger partial charge in [0.15, 0.2) is 16.7 Å². The van der Waals surface area contributed by atoms with Crippen molar-refractivity contribution in [2.45, 2.75) is 12.8 Å². The minimum absolute atomic E-state index is 0.0203. The van der Waals surface area contributed by atoms with Crippen LogP contribution in [0.5, 0.6) is 0 Å². The summed E-state index contributed by atoms with van der Waals surface area (Å²) < 4.78 is 5.33. The smallest absolute Gasteiger partial charge is 0.410 e. The molecule has 2 aromatic rings. The van der Waals surface area contributed by atoms with Crippen LogP contribution in [0.15, 0.2) is 22.8 Å². The van der Waals surface area contributed by atoms with E-state index in [1.807, 2.05) is 11.8 Å². The van der Waals surface area contributed by atoms with Gasteiger partial charge < -0.3 is 9.52 Å². The minimum Gasteiger partial charge on any atom is -0.465 e. The van der Waals surface area contributed by atoms with Crippen LogP contribution in [-0.4, -0.2) is 33.5 Å². The average molecular weight is 338 g/mol. The zero-order valence-electron chi connectivity index (χ0n) is 11.6. The molecule has 1 fully saturated rings. The lowest BCUT2D eigenvalue weighted by atomic mass is 9.95. The number of carboxylic acid groups (broad SMARTS) is 1. The summed E-state index contributed by atoms with van der Waals surface area (Å²) >= 11 is 2.92. The number of thioether (sulfide) groups is 1. The molecule has 2 aromatic heterocycles. The summed E-state index contributed by atoms with van der Waals surface area (Å²) in [6, 6.07) is 3.43. The van der Waals surface area contributed by atoms with Crippen molar-refractivity contribution in [1.29, 1.82) is 0 Å².